The minimum atomic E-state index is -0.345. The van der Waals surface area contributed by atoms with Crippen LogP contribution in [0, 0.1) is 5.92 Å². The van der Waals surface area contributed by atoms with Gasteiger partial charge >= 0.3 is 0 Å². The highest BCUT2D eigenvalue weighted by Crippen LogP contribution is 2.20. The molecule has 5 nitrogen and oxygen atoms in total. The van der Waals surface area contributed by atoms with Gasteiger partial charge in [0.25, 0.3) is 10.9 Å². The van der Waals surface area contributed by atoms with E-state index in [0.29, 0.717) is 11.4 Å². The highest BCUT2D eigenvalue weighted by Gasteiger charge is 2.26. The van der Waals surface area contributed by atoms with Crippen molar-refractivity contribution in [2.75, 3.05) is 42.9 Å². The molecule has 0 saturated carbocycles. The molecule has 2 rings (SSSR count). The van der Waals surface area contributed by atoms with Gasteiger partial charge in [0.2, 0.25) is 0 Å². The van der Waals surface area contributed by atoms with Crippen LogP contribution in [0.2, 0.25) is 0 Å². The molecule has 0 aromatic heterocycles. The van der Waals surface area contributed by atoms with E-state index in [1.165, 1.54) is 6.42 Å². The summed E-state index contributed by atoms with van der Waals surface area (Å²) in [5.41, 5.74) is 0.486. The van der Waals surface area contributed by atoms with E-state index in [2.05, 4.69) is 24.5 Å². The first-order valence-corrected chi connectivity index (χ1v) is 7.68. The van der Waals surface area contributed by atoms with Crippen LogP contribution in [-0.4, -0.2) is 32.7 Å². The van der Waals surface area contributed by atoms with E-state index in [-0.39, 0.29) is 13.7 Å². The number of nitrogens with zero attached hydrogens (tertiary/aromatic N) is 1. The second-order valence-corrected chi connectivity index (χ2v) is 5.70. The lowest BCUT2D eigenvalue weighted by atomic mass is 10.0. The fourth-order valence-electron chi connectivity index (χ4n) is 2.60. The summed E-state index contributed by atoms with van der Waals surface area (Å²) in [6.07, 6.45) is 3.38. The zero-order valence-electron chi connectivity index (χ0n) is 12.5. The molecule has 1 aliphatic heterocycles. The molecule has 1 aliphatic rings. The van der Waals surface area contributed by atoms with Crippen LogP contribution in [0.4, 0.5) is 11.4 Å². The molecule has 1 atom stereocenters. The summed E-state index contributed by atoms with van der Waals surface area (Å²) in [4.78, 5) is 25.5. The van der Waals surface area contributed by atoms with Crippen molar-refractivity contribution in [3.63, 3.8) is 0 Å². The Morgan fingerprint density at radius 1 is 1.30 bits per heavy atom. The van der Waals surface area contributed by atoms with Gasteiger partial charge in [-0.3, -0.25) is 9.59 Å². The maximum absolute atomic E-state index is 11.7. The number of nitrogens with one attached hydrogen (secondary N) is 2. The molecule has 1 unspecified atom stereocenters. The molecule has 1 aromatic rings. The second-order valence-electron chi connectivity index (χ2n) is 5.70. The third-order valence-electron chi connectivity index (χ3n) is 4.19. The average molecular weight is 283 g/mol. The van der Waals surface area contributed by atoms with Gasteiger partial charge in [0, 0.05) is 35.6 Å². The molecule has 1 heterocycles. The molecule has 1 saturated heterocycles. The lowest BCUT2D eigenvalue weighted by Crippen LogP contribution is -2.50. The van der Waals surface area contributed by atoms with Gasteiger partial charge in [0.15, 0.2) is 0 Å². The summed E-state index contributed by atoms with van der Waals surface area (Å²) in [6.45, 7) is 8.53. The molecule has 0 bridgehead atoms. The first-order valence-electron chi connectivity index (χ1n) is 7.68. The lowest BCUT2D eigenvalue weighted by Gasteiger charge is -2.31. The van der Waals surface area contributed by atoms with Crippen molar-refractivity contribution in [2.24, 2.45) is 5.92 Å². The Morgan fingerprint density at radius 3 is 2.65 bits per heavy atom. The first kappa shape index (κ1) is 15.0. The van der Waals surface area contributed by atoms with Crippen LogP contribution >= 0.6 is 0 Å². The van der Waals surface area contributed by atoms with Crippen LogP contribution in [0.3, 0.4) is 0 Å². The molecule has 0 radical (unpaired) electrons. The smallest absolute Gasteiger partial charge is 0.253 e. The van der Waals surface area contributed by atoms with Gasteiger partial charge in [-0.1, -0.05) is 20.3 Å². The van der Waals surface area contributed by atoms with Gasteiger partial charge in [-0.05, 0) is 18.8 Å². The molecule has 1 fully saturated rings. The van der Waals surface area contributed by atoms with Crippen LogP contribution in [0.15, 0.2) is 9.59 Å². The zero-order valence-corrected chi connectivity index (χ0v) is 12.5. The fraction of sp³-hybridized carbons (Fsp3) is 0.733. The van der Waals surface area contributed by atoms with E-state index in [9.17, 15) is 9.59 Å². The molecule has 2 N–H and O–H groups in total. The summed E-state index contributed by atoms with van der Waals surface area (Å²) < 4.78 is 0. The molecular weight excluding hydrogens is 254 g/mol. The van der Waals surface area contributed by atoms with Crippen molar-refractivity contribution >= 4 is 11.4 Å². The van der Waals surface area contributed by atoms with Crippen LogP contribution in [0.25, 0.3) is 0 Å². The number of piperazine rings is 1. The van der Waals surface area contributed by atoms with Gasteiger partial charge in [0.1, 0.15) is 11.4 Å². The monoisotopic (exact) mass is 283 g/mol. The van der Waals surface area contributed by atoms with Crippen molar-refractivity contribution in [3.05, 3.63) is 20.4 Å². The molecule has 5 heteroatoms. The summed E-state index contributed by atoms with van der Waals surface area (Å²) in [5.74, 6) is 0.720. The second kappa shape index (κ2) is 6.88. The predicted octanol–water partition coefficient (Wildman–Crippen LogP) is 1.42. The van der Waals surface area contributed by atoms with E-state index in [1.807, 2.05) is 4.90 Å². The minimum absolute atomic E-state index is 0. The Morgan fingerprint density at radius 2 is 2.00 bits per heavy atom. The van der Waals surface area contributed by atoms with Crippen LogP contribution in [-0.2, 0) is 0 Å². The van der Waals surface area contributed by atoms with Crippen molar-refractivity contribution in [1.29, 1.82) is 0 Å². The van der Waals surface area contributed by atoms with Crippen LogP contribution in [0.5, 0.6) is 0 Å². The van der Waals surface area contributed by atoms with E-state index in [1.54, 1.807) is 0 Å². The Labute approximate surface area is 123 Å². The van der Waals surface area contributed by atoms with Crippen LogP contribution in [0.1, 0.15) is 36.0 Å². The Kier molecular flexibility index (Phi) is 5.17. The number of hydrogen-bond donors (Lipinski definition) is 2. The van der Waals surface area contributed by atoms with Gasteiger partial charge in [0.05, 0.1) is 0 Å². The van der Waals surface area contributed by atoms with E-state index in [0.717, 1.165) is 51.5 Å². The first-order chi connectivity index (χ1) is 9.65. The third kappa shape index (κ3) is 3.20. The minimum Gasteiger partial charge on any atom is -0.380 e. The molecule has 116 valence electrons. The number of hydrogen-bond acceptors (Lipinski definition) is 5. The summed E-state index contributed by atoms with van der Waals surface area (Å²) in [6, 6.07) is 0. The number of anilines is 2. The van der Waals surface area contributed by atoms with Crippen molar-refractivity contribution < 1.29 is 2.85 Å². The fourth-order valence-corrected chi connectivity index (χ4v) is 2.60. The van der Waals surface area contributed by atoms with Crippen LogP contribution < -0.4 is 26.4 Å². The number of rotatable bonds is 7. The molecule has 0 amide bonds. The summed E-state index contributed by atoms with van der Waals surface area (Å²) in [7, 11) is 0. The van der Waals surface area contributed by atoms with E-state index >= 15 is 0 Å². The van der Waals surface area contributed by atoms with Gasteiger partial charge in [-0.2, -0.15) is 0 Å². The quantitative estimate of drug-likeness (QED) is 0.585. The van der Waals surface area contributed by atoms with E-state index < -0.39 is 0 Å². The van der Waals surface area contributed by atoms with Crippen molar-refractivity contribution in [1.82, 2.24) is 5.32 Å². The van der Waals surface area contributed by atoms with Gasteiger partial charge < -0.3 is 15.5 Å². The SMILES string of the molecule is CCC(C)CCCNc1c(N2CCNCC2)c(=O)c1=O.[HH].[HH]. The zero-order chi connectivity index (χ0) is 14.5. The lowest BCUT2D eigenvalue weighted by molar-refractivity contribution is 0.503. The maximum atomic E-state index is 11.7. The third-order valence-corrected chi connectivity index (χ3v) is 4.19. The highest BCUT2D eigenvalue weighted by atomic mass is 16.2. The summed E-state index contributed by atoms with van der Waals surface area (Å²) >= 11 is 0. The standard InChI is InChI=1S/C15H25N3O2.2H2/c1-3-11(2)5-4-6-17-12-13(15(20)14(12)19)18-9-7-16-8-10-18;;/h11,16-17H,3-10H2,1-2H3;2*1H. The van der Waals surface area contributed by atoms with Crippen molar-refractivity contribution in [3.8, 4) is 0 Å². The molecule has 1 aromatic carbocycles. The summed E-state index contributed by atoms with van der Waals surface area (Å²) in [5, 5.41) is 6.42. The van der Waals surface area contributed by atoms with Gasteiger partial charge in [-0.25, -0.2) is 0 Å². The highest BCUT2D eigenvalue weighted by molar-refractivity contribution is 5.75. The van der Waals surface area contributed by atoms with Crippen molar-refractivity contribution in [2.45, 2.75) is 33.1 Å². The maximum Gasteiger partial charge on any atom is 0.253 e. The average Bonchev–Trinajstić information content (AvgIpc) is 2.50. The Bertz CT molecular complexity index is 509. The topological polar surface area (TPSA) is 61.4 Å². The molecule has 0 spiro atoms. The molecular formula is C15H29N3O2. The largest absolute Gasteiger partial charge is 0.380 e. The molecule has 20 heavy (non-hydrogen) atoms. The Balaban J connectivity index is 0.00000220. The van der Waals surface area contributed by atoms with Gasteiger partial charge in [-0.15, -0.1) is 0 Å². The predicted molar refractivity (Wildman–Crippen MR) is 87.8 cm³/mol. The van der Waals surface area contributed by atoms with E-state index in [4.69, 9.17) is 0 Å². The molecule has 0 aliphatic carbocycles. The Hall–Kier alpha value is -1.36. The normalized spacial score (nSPS) is 17.4.